The number of pyridine rings is 1. The van der Waals surface area contributed by atoms with Crippen molar-refractivity contribution in [1.82, 2.24) is 15.0 Å². The summed E-state index contributed by atoms with van der Waals surface area (Å²) in [5, 5.41) is 6.14. The molecule has 0 aliphatic rings. The fraction of sp³-hybridized carbons (Fsp3) is 0.176. The summed E-state index contributed by atoms with van der Waals surface area (Å²) in [6, 6.07) is 5.37. The van der Waals surface area contributed by atoms with Crippen LogP contribution < -0.4 is 16.2 Å². The predicted molar refractivity (Wildman–Crippen MR) is 97.9 cm³/mol. The Balaban J connectivity index is 1.91. The highest BCUT2D eigenvalue weighted by atomic mass is 35.5. The molecule has 1 amide bonds. The molecule has 0 saturated carbocycles. The summed E-state index contributed by atoms with van der Waals surface area (Å²) in [6.07, 6.45) is 1.49. The molecule has 1 atom stereocenters. The molecule has 1 unspecified atom stereocenters. The van der Waals surface area contributed by atoms with Crippen molar-refractivity contribution in [3.63, 3.8) is 0 Å². The molecule has 9 heteroatoms. The van der Waals surface area contributed by atoms with Crippen LogP contribution in [0, 0.1) is 5.82 Å². The maximum absolute atomic E-state index is 13.5. The molecule has 0 saturated heterocycles. The maximum Gasteiger partial charge on any atom is 0.253 e. The molecule has 2 aromatic heterocycles. The Kier molecular flexibility index (Phi) is 4.85. The second kappa shape index (κ2) is 7.09. The Morgan fingerprint density at radius 3 is 2.85 bits per heavy atom. The van der Waals surface area contributed by atoms with Gasteiger partial charge in [0.25, 0.3) is 5.56 Å². The fourth-order valence-corrected chi connectivity index (χ4v) is 2.66. The number of amides is 1. The highest BCUT2D eigenvalue weighted by molar-refractivity contribution is 6.31. The highest BCUT2D eigenvalue weighted by Gasteiger charge is 2.14. The molecule has 0 spiro atoms. The zero-order chi connectivity index (χ0) is 18.8. The second-order valence-electron chi connectivity index (χ2n) is 5.72. The highest BCUT2D eigenvalue weighted by Crippen LogP contribution is 2.23. The molecule has 0 bridgehead atoms. The molecule has 26 heavy (non-hydrogen) atoms. The van der Waals surface area contributed by atoms with Crippen LogP contribution in [-0.4, -0.2) is 20.9 Å². The van der Waals surface area contributed by atoms with Gasteiger partial charge in [-0.05, 0) is 31.2 Å². The molecule has 0 fully saturated rings. The van der Waals surface area contributed by atoms with Crippen LogP contribution in [0.1, 0.15) is 25.5 Å². The van der Waals surface area contributed by atoms with Gasteiger partial charge in [0, 0.05) is 24.1 Å². The van der Waals surface area contributed by atoms with Gasteiger partial charge in [-0.2, -0.15) is 4.98 Å². The molecule has 1 aromatic carbocycles. The number of benzene rings is 1. The summed E-state index contributed by atoms with van der Waals surface area (Å²) in [5.41, 5.74) is 0.405. The summed E-state index contributed by atoms with van der Waals surface area (Å²) >= 11 is 5.81. The fourth-order valence-electron chi connectivity index (χ4n) is 2.49. The number of aromatic amines is 1. The lowest BCUT2D eigenvalue weighted by Gasteiger charge is -2.14. The van der Waals surface area contributed by atoms with E-state index in [1.165, 1.54) is 25.3 Å². The molecule has 7 nitrogen and oxygen atoms in total. The number of aromatic nitrogens is 3. The first-order valence-electron chi connectivity index (χ1n) is 7.72. The Labute approximate surface area is 152 Å². The van der Waals surface area contributed by atoms with Crippen LogP contribution in [0.15, 0.2) is 35.3 Å². The van der Waals surface area contributed by atoms with E-state index in [0.717, 1.165) is 0 Å². The first-order valence-corrected chi connectivity index (χ1v) is 8.10. The summed E-state index contributed by atoms with van der Waals surface area (Å²) in [7, 11) is 0. The number of rotatable bonds is 4. The van der Waals surface area contributed by atoms with Crippen LogP contribution in [0.4, 0.5) is 16.2 Å². The van der Waals surface area contributed by atoms with Crippen LogP contribution in [0.3, 0.4) is 0 Å². The van der Waals surface area contributed by atoms with Crippen molar-refractivity contribution in [3.05, 3.63) is 57.2 Å². The third-order valence-corrected chi connectivity index (χ3v) is 3.98. The minimum atomic E-state index is -0.600. The lowest BCUT2D eigenvalue weighted by molar-refractivity contribution is -0.114. The van der Waals surface area contributed by atoms with Gasteiger partial charge in [-0.25, -0.2) is 9.37 Å². The number of carbonyl (C=O) groups is 1. The van der Waals surface area contributed by atoms with Crippen molar-refractivity contribution in [2.24, 2.45) is 0 Å². The topological polar surface area (TPSA) is 99.8 Å². The van der Waals surface area contributed by atoms with Gasteiger partial charge in [0.2, 0.25) is 11.9 Å². The van der Waals surface area contributed by atoms with Gasteiger partial charge in [0.15, 0.2) is 0 Å². The van der Waals surface area contributed by atoms with E-state index in [1.54, 1.807) is 19.1 Å². The van der Waals surface area contributed by atoms with Crippen LogP contribution >= 0.6 is 11.6 Å². The molecule has 0 aliphatic carbocycles. The minimum absolute atomic E-state index is 0.0255. The van der Waals surface area contributed by atoms with Crippen LogP contribution in [0.2, 0.25) is 5.02 Å². The molecular formula is C17H15ClFN5O2. The molecule has 3 N–H and O–H groups in total. The first-order chi connectivity index (χ1) is 12.3. The predicted octanol–water partition coefficient (Wildman–Crippen LogP) is 3.24. The van der Waals surface area contributed by atoms with Crippen molar-refractivity contribution in [2.75, 3.05) is 10.6 Å². The van der Waals surface area contributed by atoms with Crippen LogP contribution in [-0.2, 0) is 4.79 Å². The van der Waals surface area contributed by atoms with Gasteiger partial charge in [-0.1, -0.05) is 11.6 Å². The van der Waals surface area contributed by atoms with Gasteiger partial charge in [-0.15, -0.1) is 0 Å². The number of nitrogens with zero attached hydrogens (tertiary/aromatic N) is 2. The monoisotopic (exact) mass is 375 g/mol. The molecule has 0 radical (unpaired) electrons. The van der Waals surface area contributed by atoms with Gasteiger partial charge >= 0.3 is 0 Å². The van der Waals surface area contributed by atoms with Crippen LogP contribution in [0.5, 0.6) is 0 Å². The lowest BCUT2D eigenvalue weighted by atomic mass is 10.1. The molecular weight excluding hydrogens is 361 g/mol. The molecule has 3 rings (SSSR count). The number of anilines is 2. The third kappa shape index (κ3) is 3.80. The minimum Gasteiger partial charge on any atom is -0.347 e. The maximum atomic E-state index is 13.5. The quantitative estimate of drug-likeness (QED) is 0.650. The van der Waals surface area contributed by atoms with Gasteiger partial charge in [0.1, 0.15) is 11.6 Å². The van der Waals surface area contributed by atoms with Crippen molar-refractivity contribution in [1.29, 1.82) is 0 Å². The molecule has 3 aromatic rings. The standard InChI is InChI=1S/C17H15ClFN5O2/c1-8(21-17-20-4-3-15(24-17)22-9(2)25)11-5-10-6-12(18)13(19)7-14(10)23-16(11)26/h3-8H,1-2H3,(H,23,26)(H2,20,21,22,24,25). The molecule has 0 aliphatic heterocycles. The van der Waals surface area contributed by atoms with E-state index in [0.29, 0.717) is 22.3 Å². The van der Waals surface area contributed by atoms with E-state index in [2.05, 4.69) is 25.6 Å². The number of fused-ring (bicyclic) bond motifs is 1. The van der Waals surface area contributed by atoms with E-state index >= 15 is 0 Å². The Hall–Kier alpha value is -3.00. The second-order valence-corrected chi connectivity index (χ2v) is 6.13. The Bertz CT molecular complexity index is 1050. The van der Waals surface area contributed by atoms with Crippen molar-refractivity contribution in [2.45, 2.75) is 19.9 Å². The summed E-state index contributed by atoms with van der Waals surface area (Å²) < 4.78 is 13.5. The Morgan fingerprint density at radius 2 is 2.12 bits per heavy atom. The van der Waals surface area contributed by atoms with E-state index in [9.17, 15) is 14.0 Å². The number of halogens is 2. The number of hydrogen-bond donors (Lipinski definition) is 3. The van der Waals surface area contributed by atoms with E-state index in [4.69, 9.17) is 11.6 Å². The van der Waals surface area contributed by atoms with Gasteiger partial charge < -0.3 is 15.6 Å². The van der Waals surface area contributed by atoms with Crippen LogP contribution in [0.25, 0.3) is 10.9 Å². The number of H-pyrrole nitrogens is 1. The van der Waals surface area contributed by atoms with E-state index in [1.807, 2.05) is 0 Å². The SMILES string of the molecule is CC(=O)Nc1ccnc(NC(C)c2cc3cc(Cl)c(F)cc3[nH]c2=O)n1. The molecule has 134 valence electrons. The summed E-state index contributed by atoms with van der Waals surface area (Å²) in [6.45, 7) is 3.14. The summed E-state index contributed by atoms with van der Waals surface area (Å²) in [5.74, 6) is -0.257. The first kappa shape index (κ1) is 17.8. The lowest BCUT2D eigenvalue weighted by Crippen LogP contribution is -2.20. The number of carbonyl (C=O) groups excluding carboxylic acids is 1. The van der Waals surface area contributed by atoms with Crippen molar-refractivity contribution < 1.29 is 9.18 Å². The average Bonchev–Trinajstić information content (AvgIpc) is 2.55. The zero-order valence-electron chi connectivity index (χ0n) is 13.9. The van der Waals surface area contributed by atoms with E-state index < -0.39 is 11.9 Å². The van der Waals surface area contributed by atoms with Gasteiger partial charge in [0.05, 0.1) is 16.6 Å². The summed E-state index contributed by atoms with van der Waals surface area (Å²) in [4.78, 5) is 34.3. The largest absolute Gasteiger partial charge is 0.347 e. The number of nitrogens with one attached hydrogen (secondary N) is 3. The molecule has 2 heterocycles. The smallest absolute Gasteiger partial charge is 0.253 e. The van der Waals surface area contributed by atoms with Gasteiger partial charge in [-0.3, -0.25) is 9.59 Å². The normalized spacial score (nSPS) is 12.0. The number of hydrogen-bond acceptors (Lipinski definition) is 5. The Morgan fingerprint density at radius 1 is 1.35 bits per heavy atom. The van der Waals surface area contributed by atoms with Crippen molar-refractivity contribution in [3.8, 4) is 0 Å². The zero-order valence-corrected chi connectivity index (χ0v) is 14.7. The average molecular weight is 376 g/mol. The third-order valence-electron chi connectivity index (χ3n) is 3.69. The van der Waals surface area contributed by atoms with Crippen molar-refractivity contribution >= 4 is 40.2 Å². The van der Waals surface area contributed by atoms with E-state index in [-0.39, 0.29) is 22.4 Å².